The molecule has 0 unspecified atom stereocenters. The Hall–Kier alpha value is -0.870. The van der Waals surface area contributed by atoms with E-state index in [9.17, 15) is 8.42 Å². The minimum atomic E-state index is -2.80. The van der Waals surface area contributed by atoms with Crippen LogP contribution in [0, 0.1) is 0 Å². The Morgan fingerprint density at radius 3 is 2.46 bits per heavy atom. The Labute approximate surface area is 162 Å². The summed E-state index contributed by atoms with van der Waals surface area (Å²) in [6.45, 7) is 3.63. The van der Waals surface area contributed by atoms with Gasteiger partial charge in [-0.2, -0.15) is 0 Å². The van der Waals surface area contributed by atoms with E-state index in [0.717, 1.165) is 25.6 Å². The Kier molecular flexibility index (Phi) is 8.99. The first-order valence-electron chi connectivity index (χ1n) is 7.89. The van der Waals surface area contributed by atoms with Gasteiger partial charge in [0.1, 0.15) is 0 Å². The van der Waals surface area contributed by atoms with Gasteiger partial charge in [-0.3, -0.25) is 9.89 Å². The monoisotopic (exact) mass is 466 g/mol. The molecular formula is C16H27IN4O2S. The number of nitrogens with zero attached hydrogens (tertiary/aromatic N) is 3. The highest BCUT2D eigenvalue weighted by molar-refractivity contribution is 14.0. The zero-order valence-electron chi connectivity index (χ0n) is 14.3. The third-order valence-corrected chi connectivity index (χ3v) is 5.59. The van der Waals surface area contributed by atoms with Crippen LogP contribution in [0.4, 0.5) is 0 Å². The molecular weight excluding hydrogens is 439 g/mol. The summed E-state index contributed by atoms with van der Waals surface area (Å²) in [6.07, 6.45) is 0. The second kappa shape index (κ2) is 10.2. The van der Waals surface area contributed by atoms with Gasteiger partial charge in [-0.1, -0.05) is 30.3 Å². The number of rotatable bonds is 5. The standard InChI is InChI=1S/C16H26N4O2S.HI/c1-17-16(19(2)14-15-6-4-3-5-7-15)18-8-9-20-10-12-23(21,22)13-11-20;/h3-7H,8-14H2,1-2H3,(H,17,18);1H. The minimum absolute atomic E-state index is 0. The Morgan fingerprint density at radius 1 is 1.25 bits per heavy atom. The highest BCUT2D eigenvalue weighted by Crippen LogP contribution is 2.04. The van der Waals surface area contributed by atoms with Crippen molar-refractivity contribution in [3.63, 3.8) is 0 Å². The molecule has 1 N–H and O–H groups in total. The van der Waals surface area contributed by atoms with Gasteiger partial charge in [-0.05, 0) is 5.56 Å². The van der Waals surface area contributed by atoms with Crippen LogP contribution in [0.3, 0.4) is 0 Å². The summed E-state index contributed by atoms with van der Waals surface area (Å²) in [4.78, 5) is 8.57. The summed E-state index contributed by atoms with van der Waals surface area (Å²) in [6, 6.07) is 10.3. The van der Waals surface area contributed by atoms with Crippen molar-refractivity contribution in [3.05, 3.63) is 35.9 Å². The number of hydrogen-bond donors (Lipinski definition) is 1. The van der Waals surface area contributed by atoms with Gasteiger partial charge in [-0.15, -0.1) is 24.0 Å². The summed E-state index contributed by atoms with van der Waals surface area (Å²) in [5.41, 5.74) is 1.24. The number of benzene rings is 1. The maximum absolute atomic E-state index is 11.4. The Bertz CT molecular complexity index is 608. The van der Waals surface area contributed by atoms with Gasteiger partial charge in [0.2, 0.25) is 0 Å². The molecule has 0 aromatic heterocycles. The summed E-state index contributed by atoms with van der Waals surface area (Å²) < 4.78 is 22.8. The fourth-order valence-corrected chi connectivity index (χ4v) is 3.89. The van der Waals surface area contributed by atoms with Crippen LogP contribution in [-0.2, 0) is 16.4 Å². The quantitative estimate of drug-likeness (QED) is 0.399. The van der Waals surface area contributed by atoms with Crippen molar-refractivity contribution >= 4 is 39.8 Å². The fourth-order valence-electron chi connectivity index (χ4n) is 2.62. The molecule has 0 radical (unpaired) electrons. The molecule has 0 spiro atoms. The number of halogens is 1. The summed E-state index contributed by atoms with van der Waals surface area (Å²) in [5.74, 6) is 1.39. The van der Waals surface area contributed by atoms with E-state index in [4.69, 9.17) is 0 Å². The molecule has 0 amide bonds. The zero-order chi connectivity index (χ0) is 16.7. The summed E-state index contributed by atoms with van der Waals surface area (Å²) >= 11 is 0. The first-order valence-corrected chi connectivity index (χ1v) is 9.71. The number of nitrogens with one attached hydrogen (secondary N) is 1. The predicted molar refractivity (Wildman–Crippen MR) is 110 cm³/mol. The first-order chi connectivity index (χ1) is 11.0. The number of guanidine groups is 1. The smallest absolute Gasteiger partial charge is 0.193 e. The van der Waals surface area contributed by atoms with Gasteiger partial charge in [0.15, 0.2) is 15.8 Å². The molecule has 1 heterocycles. The van der Waals surface area contributed by atoms with E-state index >= 15 is 0 Å². The van der Waals surface area contributed by atoms with E-state index in [-0.39, 0.29) is 35.5 Å². The van der Waals surface area contributed by atoms with E-state index in [1.165, 1.54) is 5.56 Å². The fraction of sp³-hybridized carbons (Fsp3) is 0.562. The topological polar surface area (TPSA) is 65.0 Å². The first kappa shape index (κ1) is 21.2. The maximum atomic E-state index is 11.4. The van der Waals surface area contributed by atoms with Crippen LogP contribution in [0.25, 0.3) is 0 Å². The summed E-state index contributed by atoms with van der Waals surface area (Å²) in [7, 11) is 0.981. The number of aliphatic imine (C=N–C) groups is 1. The molecule has 0 saturated carbocycles. The molecule has 0 atom stereocenters. The van der Waals surface area contributed by atoms with Crippen LogP contribution in [-0.4, -0.2) is 76.0 Å². The lowest BCUT2D eigenvalue weighted by Crippen LogP contribution is -2.46. The highest BCUT2D eigenvalue weighted by Gasteiger charge is 2.21. The van der Waals surface area contributed by atoms with Crippen molar-refractivity contribution < 1.29 is 8.42 Å². The van der Waals surface area contributed by atoms with E-state index in [1.807, 2.05) is 25.2 Å². The van der Waals surface area contributed by atoms with Crippen molar-refractivity contribution in [3.8, 4) is 0 Å². The van der Waals surface area contributed by atoms with Gasteiger partial charge in [0.05, 0.1) is 11.5 Å². The lowest BCUT2D eigenvalue weighted by atomic mass is 10.2. The van der Waals surface area contributed by atoms with Crippen LogP contribution in [0.1, 0.15) is 5.56 Å². The second-order valence-corrected chi connectivity index (χ2v) is 8.11. The van der Waals surface area contributed by atoms with E-state index in [2.05, 4.69) is 32.2 Å². The molecule has 1 aromatic carbocycles. The molecule has 24 heavy (non-hydrogen) atoms. The van der Waals surface area contributed by atoms with Crippen molar-refractivity contribution in [1.82, 2.24) is 15.1 Å². The van der Waals surface area contributed by atoms with Crippen LogP contribution < -0.4 is 5.32 Å². The van der Waals surface area contributed by atoms with Crippen molar-refractivity contribution in [2.24, 2.45) is 4.99 Å². The molecule has 136 valence electrons. The molecule has 0 aliphatic carbocycles. The lowest BCUT2D eigenvalue weighted by molar-refractivity contribution is 0.298. The third kappa shape index (κ3) is 6.94. The molecule has 2 rings (SSSR count). The van der Waals surface area contributed by atoms with E-state index < -0.39 is 9.84 Å². The molecule has 1 aliphatic heterocycles. The normalized spacial score (nSPS) is 17.8. The van der Waals surface area contributed by atoms with Gasteiger partial charge in [0, 0.05) is 46.8 Å². The van der Waals surface area contributed by atoms with Gasteiger partial charge in [-0.25, -0.2) is 8.42 Å². The van der Waals surface area contributed by atoms with Crippen LogP contribution in [0.2, 0.25) is 0 Å². The average molecular weight is 466 g/mol. The minimum Gasteiger partial charge on any atom is -0.355 e. The number of sulfone groups is 1. The molecule has 0 bridgehead atoms. The molecule has 1 aromatic rings. The van der Waals surface area contributed by atoms with Gasteiger partial charge >= 0.3 is 0 Å². The zero-order valence-corrected chi connectivity index (χ0v) is 17.5. The van der Waals surface area contributed by atoms with E-state index in [0.29, 0.717) is 13.1 Å². The lowest BCUT2D eigenvalue weighted by Gasteiger charge is -2.28. The van der Waals surface area contributed by atoms with Crippen molar-refractivity contribution in [2.75, 3.05) is 51.8 Å². The van der Waals surface area contributed by atoms with Crippen molar-refractivity contribution in [1.29, 1.82) is 0 Å². The molecule has 8 heteroatoms. The Morgan fingerprint density at radius 2 is 1.88 bits per heavy atom. The van der Waals surface area contributed by atoms with Gasteiger partial charge in [0.25, 0.3) is 0 Å². The molecule has 1 aliphatic rings. The average Bonchev–Trinajstić information content (AvgIpc) is 2.54. The van der Waals surface area contributed by atoms with Crippen LogP contribution in [0.15, 0.2) is 35.3 Å². The van der Waals surface area contributed by atoms with Crippen LogP contribution >= 0.6 is 24.0 Å². The number of hydrogen-bond acceptors (Lipinski definition) is 4. The largest absolute Gasteiger partial charge is 0.355 e. The molecule has 6 nitrogen and oxygen atoms in total. The molecule has 1 saturated heterocycles. The van der Waals surface area contributed by atoms with Gasteiger partial charge < -0.3 is 10.2 Å². The van der Waals surface area contributed by atoms with Crippen LogP contribution in [0.5, 0.6) is 0 Å². The summed E-state index contributed by atoms with van der Waals surface area (Å²) in [5, 5.41) is 3.34. The third-order valence-electron chi connectivity index (χ3n) is 3.98. The predicted octanol–water partition coefficient (Wildman–Crippen LogP) is 1.04. The second-order valence-electron chi connectivity index (χ2n) is 5.81. The highest BCUT2D eigenvalue weighted by atomic mass is 127. The Balaban J connectivity index is 0.00000288. The molecule has 1 fully saturated rings. The van der Waals surface area contributed by atoms with Crippen molar-refractivity contribution in [2.45, 2.75) is 6.54 Å². The maximum Gasteiger partial charge on any atom is 0.193 e. The SMILES string of the molecule is CN=C(NCCN1CCS(=O)(=O)CC1)N(C)Cc1ccccc1.I. The van der Waals surface area contributed by atoms with E-state index in [1.54, 1.807) is 7.05 Å².